The highest BCUT2D eigenvalue weighted by atomic mass is 35.5. The van der Waals surface area contributed by atoms with Crippen molar-refractivity contribution in [2.75, 3.05) is 11.5 Å². The van der Waals surface area contributed by atoms with Crippen LogP contribution in [0.2, 0.25) is 5.02 Å². The van der Waals surface area contributed by atoms with Crippen LogP contribution >= 0.6 is 22.9 Å². The van der Waals surface area contributed by atoms with Gasteiger partial charge in [-0.3, -0.25) is 4.79 Å². The minimum Gasteiger partial charge on any atom is -0.487 e. The number of aromatic nitrogens is 2. The molecule has 4 aromatic rings. The van der Waals surface area contributed by atoms with E-state index in [1.54, 1.807) is 75.9 Å². The summed E-state index contributed by atoms with van der Waals surface area (Å²) in [5.41, 5.74) is 0.793. The summed E-state index contributed by atoms with van der Waals surface area (Å²) in [6.07, 6.45) is 2.59. The van der Waals surface area contributed by atoms with Crippen molar-refractivity contribution < 1.29 is 33.7 Å². The largest absolute Gasteiger partial charge is 0.487 e. The minimum atomic E-state index is -0.802. The smallest absolute Gasteiger partial charge is 0.420 e. The monoisotopic (exact) mass is 726 g/mol. The van der Waals surface area contributed by atoms with Crippen LogP contribution in [0.1, 0.15) is 71.7 Å². The van der Waals surface area contributed by atoms with Crippen LogP contribution in [0.4, 0.5) is 20.7 Å². The second-order valence-corrected chi connectivity index (χ2v) is 13.7. The molecule has 1 aliphatic heterocycles. The van der Waals surface area contributed by atoms with E-state index >= 15 is 0 Å². The molecule has 2 aromatic carbocycles. The Balaban J connectivity index is 0.00000105. The van der Waals surface area contributed by atoms with Crippen molar-refractivity contribution in [2.45, 2.75) is 91.7 Å². The molecule has 0 radical (unpaired) electrons. The molecule has 10 nitrogen and oxygen atoms in total. The van der Waals surface area contributed by atoms with Gasteiger partial charge in [0, 0.05) is 6.10 Å². The molecule has 1 fully saturated rings. The minimum absolute atomic E-state index is 0.101. The normalized spacial score (nSPS) is 15.2. The molecular formula is C37H44ClFN4O6S. The van der Waals surface area contributed by atoms with E-state index in [-0.39, 0.29) is 48.1 Å². The number of carbonyl (C=O) groups is 2. The fourth-order valence-electron chi connectivity index (χ4n) is 4.77. The van der Waals surface area contributed by atoms with Crippen LogP contribution in [0.25, 0.3) is 10.2 Å². The van der Waals surface area contributed by atoms with Crippen LogP contribution in [-0.2, 0) is 16.1 Å². The Bertz CT molecular complexity index is 1800. The molecule has 13 heteroatoms. The van der Waals surface area contributed by atoms with Crippen LogP contribution in [-0.4, -0.2) is 68.0 Å². The fraction of sp³-hybridized carbons (Fsp3) is 0.405. The number of likely N-dealkylation sites (tertiary alicyclic amines) is 1. The van der Waals surface area contributed by atoms with E-state index in [1.807, 2.05) is 13.8 Å². The fourth-order valence-corrected chi connectivity index (χ4v) is 5.95. The third-order valence-corrected chi connectivity index (χ3v) is 8.12. The Morgan fingerprint density at radius 3 is 2.52 bits per heavy atom. The summed E-state index contributed by atoms with van der Waals surface area (Å²) in [6.45, 7) is 12.7. The van der Waals surface area contributed by atoms with E-state index < -0.39 is 11.7 Å². The molecule has 0 aliphatic carbocycles. The molecule has 268 valence electrons. The number of amides is 2. The molecule has 2 atom stereocenters. The molecular weight excluding hydrogens is 683 g/mol. The second kappa shape index (κ2) is 18.6. The van der Waals surface area contributed by atoms with Gasteiger partial charge < -0.3 is 24.6 Å². The molecule has 1 saturated heterocycles. The summed E-state index contributed by atoms with van der Waals surface area (Å²) >= 11 is 7.90. The number of aliphatic hydroxyl groups is 2. The lowest BCUT2D eigenvalue weighted by atomic mass is 10.2. The maximum atomic E-state index is 13.6. The van der Waals surface area contributed by atoms with Crippen molar-refractivity contribution in [2.24, 2.45) is 0 Å². The number of thiophene rings is 1. The van der Waals surface area contributed by atoms with Crippen molar-refractivity contribution in [3.63, 3.8) is 0 Å². The average Bonchev–Trinajstić information content (AvgIpc) is 3.67. The number of hydrogen-bond donors (Lipinski definition) is 2. The van der Waals surface area contributed by atoms with Gasteiger partial charge in [0.05, 0.1) is 44.5 Å². The number of fused-ring (bicyclic) bond motifs is 1. The van der Waals surface area contributed by atoms with Crippen molar-refractivity contribution in [1.29, 1.82) is 0 Å². The van der Waals surface area contributed by atoms with Crippen molar-refractivity contribution in [1.82, 2.24) is 14.9 Å². The van der Waals surface area contributed by atoms with E-state index in [0.717, 1.165) is 6.41 Å². The van der Waals surface area contributed by atoms with Gasteiger partial charge in [-0.1, -0.05) is 49.4 Å². The quantitative estimate of drug-likeness (QED) is 0.146. The Hall–Kier alpha value is -4.28. The lowest BCUT2D eigenvalue weighted by Crippen LogP contribution is -2.36. The number of anilines is 2. The highest BCUT2D eigenvalue weighted by Gasteiger charge is 2.31. The summed E-state index contributed by atoms with van der Waals surface area (Å²) in [4.78, 5) is 37.6. The van der Waals surface area contributed by atoms with Crippen LogP contribution in [0.15, 0.2) is 54.9 Å². The number of rotatable bonds is 7. The number of nitrogens with zero attached hydrogens (tertiary/aromatic N) is 4. The Labute approximate surface area is 301 Å². The zero-order valence-corrected chi connectivity index (χ0v) is 30.9. The van der Waals surface area contributed by atoms with Gasteiger partial charge in [0.15, 0.2) is 5.82 Å². The summed E-state index contributed by atoms with van der Waals surface area (Å²) in [6, 6.07) is 12.2. The predicted octanol–water partition coefficient (Wildman–Crippen LogP) is 7.88. The number of carbonyl (C=O) groups excluding carboxylic acids is 2. The van der Waals surface area contributed by atoms with Crippen LogP contribution in [0, 0.1) is 17.7 Å². The predicted molar refractivity (Wildman–Crippen MR) is 195 cm³/mol. The van der Waals surface area contributed by atoms with Gasteiger partial charge in [-0.25, -0.2) is 24.1 Å². The number of halogens is 2. The van der Waals surface area contributed by atoms with E-state index in [4.69, 9.17) is 26.2 Å². The van der Waals surface area contributed by atoms with Crippen LogP contribution < -0.4 is 9.64 Å². The van der Waals surface area contributed by atoms with Crippen LogP contribution in [0.5, 0.6) is 5.75 Å². The van der Waals surface area contributed by atoms with E-state index in [2.05, 4.69) is 21.8 Å². The molecule has 5 rings (SSSR count). The maximum absolute atomic E-state index is 13.6. The van der Waals surface area contributed by atoms with Gasteiger partial charge in [-0.15, -0.1) is 11.3 Å². The van der Waals surface area contributed by atoms with E-state index in [0.29, 0.717) is 44.9 Å². The van der Waals surface area contributed by atoms with Crippen molar-refractivity contribution in [3.05, 3.63) is 76.1 Å². The van der Waals surface area contributed by atoms with Crippen molar-refractivity contribution in [3.8, 4) is 17.6 Å². The average molecular weight is 727 g/mol. The zero-order valence-electron chi connectivity index (χ0n) is 29.3. The maximum Gasteiger partial charge on any atom is 0.420 e. The molecule has 2 N–H and O–H groups in total. The van der Waals surface area contributed by atoms with Gasteiger partial charge in [0.25, 0.3) is 0 Å². The van der Waals surface area contributed by atoms with Gasteiger partial charge >= 0.3 is 6.09 Å². The molecule has 50 heavy (non-hydrogen) atoms. The number of aliphatic hydroxyl groups excluding tert-OH is 2. The molecule has 2 aromatic heterocycles. The van der Waals surface area contributed by atoms with Gasteiger partial charge in [0.1, 0.15) is 30.1 Å². The molecule has 2 unspecified atom stereocenters. The van der Waals surface area contributed by atoms with Gasteiger partial charge in [-0.2, -0.15) is 0 Å². The van der Waals surface area contributed by atoms with Crippen molar-refractivity contribution >= 4 is 57.2 Å². The molecule has 0 spiro atoms. The molecule has 3 heterocycles. The first-order valence-electron chi connectivity index (χ1n) is 16.3. The van der Waals surface area contributed by atoms with E-state index in [9.17, 15) is 19.1 Å². The first-order valence-corrected chi connectivity index (χ1v) is 17.5. The standard InChI is InChI=1S/C32H30ClFN4O5S.C3H8O.C2H6/c1-32(2,3)43-31(41)38(23-10-12-28(26(33)14-23)42-17-20-5-4-6-21(34)13-20)30-29-27(35-18-36-30)15-25(44-29)11-9-22-7-8-24(16-39)37(22)19-40;1-3(2)4;1-2/h4-6,10,12-15,18-19,22,24,39H,7-8,16-17H2,1-3H3;3-4H,1-2H3;1-2H3. The molecule has 2 amide bonds. The number of benzene rings is 2. The van der Waals surface area contributed by atoms with Gasteiger partial charge in [0.2, 0.25) is 6.41 Å². The topological polar surface area (TPSA) is 125 Å². The third kappa shape index (κ3) is 11.1. The van der Waals surface area contributed by atoms with E-state index in [1.165, 1.54) is 34.7 Å². The van der Waals surface area contributed by atoms with Crippen LogP contribution in [0.3, 0.4) is 0 Å². The summed E-state index contributed by atoms with van der Waals surface area (Å²) < 4.78 is 25.7. The SMILES string of the molecule is CC.CC(C)(C)OC(=O)N(c1ccc(OCc2cccc(F)c2)c(Cl)c1)c1ncnc2cc(C#CC3CCC(CO)N3C=O)sc12.CC(C)O. The Morgan fingerprint density at radius 2 is 1.90 bits per heavy atom. The Morgan fingerprint density at radius 1 is 1.18 bits per heavy atom. The first-order chi connectivity index (χ1) is 23.8. The third-order valence-electron chi connectivity index (χ3n) is 6.79. The first kappa shape index (κ1) is 40.2. The summed E-state index contributed by atoms with van der Waals surface area (Å²) in [5.74, 6) is 6.53. The summed E-state index contributed by atoms with van der Waals surface area (Å²) in [7, 11) is 0. The number of ether oxygens (including phenoxy) is 2. The lowest BCUT2D eigenvalue weighted by molar-refractivity contribution is -0.120. The molecule has 0 bridgehead atoms. The zero-order chi connectivity index (χ0) is 37.0. The van der Waals surface area contributed by atoms with Gasteiger partial charge in [-0.05, 0) is 89.4 Å². The molecule has 0 saturated carbocycles. The molecule has 1 aliphatic rings. The second-order valence-electron chi connectivity index (χ2n) is 12.2. The lowest BCUT2D eigenvalue weighted by Gasteiger charge is -2.27. The summed E-state index contributed by atoms with van der Waals surface area (Å²) in [5, 5.41) is 17.8. The highest BCUT2D eigenvalue weighted by Crippen LogP contribution is 2.38. The Kier molecular flexibility index (Phi) is 15.0. The highest BCUT2D eigenvalue weighted by molar-refractivity contribution is 7.20. The number of hydrogen-bond acceptors (Lipinski definition) is 9.